The van der Waals surface area contributed by atoms with Crippen LogP contribution in [0.2, 0.25) is 36.3 Å². The molecule has 0 N–H and O–H groups in total. The molecule has 0 aromatic heterocycles. The van der Waals surface area contributed by atoms with Crippen molar-refractivity contribution in [2.24, 2.45) is 16.7 Å². The van der Waals surface area contributed by atoms with Gasteiger partial charge < -0.3 is 8.85 Å². The van der Waals surface area contributed by atoms with Crippen LogP contribution in [0.15, 0.2) is 0 Å². The molecule has 2 unspecified atom stereocenters. The molecule has 0 amide bonds. The zero-order chi connectivity index (χ0) is 22.6. The average Bonchev–Trinajstić information content (AvgIpc) is 2.67. The van der Waals surface area contributed by atoms with E-state index in [1.54, 1.807) is 0 Å². The summed E-state index contributed by atoms with van der Waals surface area (Å²) in [5.74, 6) is -0.564. The number of rotatable bonds is 4. The van der Waals surface area contributed by atoms with Crippen LogP contribution in [0, 0.1) is 16.7 Å². The van der Waals surface area contributed by atoms with E-state index in [9.17, 15) is 9.59 Å². The van der Waals surface area contributed by atoms with Gasteiger partial charge in [0.25, 0.3) is 28.6 Å². The molecule has 0 aromatic rings. The van der Waals surface area contributed by atoms with Gasteiger partial charge in [-0.3, -0.25) is 9.59 Å². The van der Waals surface area contributed by atoms with Crippen molar-refractivity contribution >= 4 is 28.6 Å². The van der Waals surface area contributed by atoms with E-state index < -0.39 is 27.5 Å². The molecule has 0 radical (unpaired) electrons. The molecule has 6 heteroatoms. The summed E-state index contributed by atoms with van der Waals surface area (Å²) in [5, 5.41) is -0.0710. The van der Waals surface area contributed by atoms with Crippen LogP contribution in [0.1, 0.15) is 75.2 Å². The fourth-order valence-electron chi connectivity index (χ4n) is 3.25. The molecule has 2 atom stereocenters. The van der Waals surface area contributed by atoms with E-state index >= 15 is 0 Å². The normalized spacial score (nSPS) is 26.1. The molecular formula is C22H44O4Si2. The maximum absolute atomic E-state index is 13.3. The first-order valence-electron chi connectivity index (χ1n) is 10.6. The van der Waals surface area contributed by atoms with Gasteiger partial charge in [-0.15, -0.1) is 0 Å². The topological polar surface area (TPSA) is 52.6 Å². The summed E-state index contributed by atoms with van der Waals surface area (Å²) in [4.78, 5) is 26.5. The van der Waals surface area contributed by atoms with Gasteiger partial charge in [0, 0.05) is 0 Å². The van der Waals surface area contributed by atoms with Crippen molar-refractivity contribution in [1.29, 1.82) is 0 Å². The van der Waals surface area contributed by atoms with Crippen molar-refractivity contribution in [2.45, 2.75) is 111 Å². The van der Waals surface area contributed by atoms with E-state index in [0.29, 0.717) is 12.8 Å². The summed E-state index contributed by atoms with van der Waals surface area (Å²) in [7, 11) is -4.41. The van der Waals surface area contributed by atoms with E-state index in [2.05, 4.69) is 67.7 Å². The van der Waals surface area contributed by atoms with E-state index in [4.69, 9.17) is 8.85 Å². The van der Waals surface area contributed by atoms with Gasteiger partial charge in [-0.2, -0.15) is 0 Å². The van der Waals surface area contributed by atoms with Crippen molar-refractivity contribution in [1.82, 2.24) is 0 Å². The summed E-state index contributed by atoms with van der Waals surface area (Å²) in [5.41, 5.74) is -1.19. The van der Waals surface area contributed by atoms with Gasteiger partial charge in [0.2, 0.25) is 0 Å². The van der Waals surface area contributed by atoms with Gasteiger partial charge in [0.05, 0.1) is 11.3 Å². The lowest BCUT2D eigenvalue weighted by molar-refractivity contribution is -0.155. The van der Waals surface area contributed by atoms with Crippen LogP contribution in [0.5, 0.6) is 0 Å². The third-order valence-electron chi connectivity index (χ3n) is 8.28. The molecule has 0 spiro atoms. The highest BCUT2D eigenvalue weighted by Gasteiger charge is 2.61. The minimum atomic E-state index is -2.22. The summed E-state index contributed by atoms with van der Waals surface area (Å²) < 4.78 is 12.3. The molecule has 1 rings (SSSR count). The molecule has 4 nitrogen and oxygen atoms in total. The highest BCUT2D eigenvalue weighted by atomic mass is 28.4. The Labute approximate surface area is 175 Å². The second-order valence-electron chi connectivity index (χ2n) is 12.5. The summed E-state index contributed by atoms with van der Waals surface area (Å²) in [6.45, 7) is 27.2. The van der Waals surface area contributed by atoms with E-state index in [0.717, 1.165) is 0 Å². The fourth-order valence-corrected chi connectivity index (χ4v) is 5.20. The predicted molar refractivity (Wildman–Crippen MR) is 121 cm³/mol. The second-order valence-corrected chi connectivity index (χ2v) is 21.9. The third-order valence-corrected chi connectivity index (χ3v) is 16.9. The Morgan fingerprint density at radius 1 is 0.821 bits per heavy atom. The Morgan fingerprint density at radius 3 is 1.61 bits per heavy atom. The van der Waals surface area contributed by atoms with Crippen LogP contribution in [-0.2, 0) is 18.4 Å². The summed E-state index contributed by atoms with van der Waals surface area (Å²) in [6, 6.07) is 0. The van der Waals surface area contributed by atoms with E-state index in [1.165, 1.54) is 0 Å². The molecule has 1 aliphatic carbocycles. The van der Waals surface area contributed by atoms with Crippen LogP contribution < -0.4 is 0 Å². The van der Waals surface area contributed by atoms with E-state index in [-0.39, 0.29) is 27.9 Å². The zero-order valence-corrected chi connectivity index (χ0v) is 22.6. The van der Waals surface area contributed by atoms with Crippen molar-refractivity contribution in [3.63, 3.8) is 0 Å². The standard InChI is InChI=1S/C22H44O4Si2/c1-19(2,3)27(10,11)25-17(23)16-14-15-22(9,21(16,7)8)18(24)26-28(12,13)20(4,5)6/h16H,14-15H2,1-13H3. The number of carbonyl (C=O) groups excluding carboxylic acids is 2. The van der Waals surface area contributed by atoms with Crippen LogP contribution >= 0.6 is 0 Å². The maximum Gasteiger partial charge on any atom is 0.299 e. The summed E-state index contributed by atoms with van der Waals surface area (Å²) >= 11 is 0. The monoisotopic (exact) mass is 428 g/mol. The molecule has 0 heterocycles. The maximum atomic E-state index is 13.3. The molecule has 0 aromatic carbocycles. The van der Waals surface area contributed by atoms with Gasteiger partial charge in [-0.1, -0.05) is 55.4 Å². The molecule has 0 aliphatic heterocycles. The van der Waals surface area contributed by atoms with Gasteiger partial charge >= 0.3 is 0 Å². The van der Waals surface area contributed by atoms with Gasteiger partial charge in [-0.05, 0) is 61.4 Å². The quantitative estimate of drug-likeness (QED) is 0.478. The Morgan fingerprint density at radius 2 is 1.21 bits per heavy atom. The highest BCUT2D eigenvalue weighted by molar-refractivity contribution is 6.76. The minimum absolute atomic E-state index is 0.0318. The van der Waals surface area contributed by atoms with Crippen molar-refractivity contribution in [2.75, 3.05) is 0 Å². The molecule has 1 saturated carbocycles. The zero-order valence-electron chi connectivity index (χ0n) is 20.6. The van der Waals surface area contributed by atoms with Gasteiger partial charge in [-0.25, -0.2) is 0 Å². The van der Waals surface area contributed by atoms with Gasteiger partial charge in [0.1, 0.15) is 0 Å². The molecule has 164 valence electrons. The first kappa shape index (κ1) is 25.4. The Hall–Kier alpha value is -0.626. The second kappa shape index (κ2) is 7.26. The van der Waals surface area contributed by atoms with Crippen LogP contribution in [0.25, 0.3) is 0 Å². The Kier molecular flexibility index (Phi) is 6.59. The molecule has 0 bridgehead atoms. The third kappa shape index (κ3) is 4.42. The van der Waals surface area contributed by atoms with Crippen molar-refractivity contribution in [3.8, 4) is 0 Å². The molecule has 0 saturated heterocycles. The van der Waals surface area contributed by atoms with Crippen molar-refractivity contribution < 1.29 is 18.4 Å². The Bertz CT molecular complexity index is 623. The molecular weight excluding hydrogens is 384 g/mol. The van der Waals surface area contributed by atoms with Crippen molar-refractivity contribution in [3.05, 3.63) is 0 Å². The lowest BCUT2D eigenvalue weighted by Gasteiger charge is -2.44. The van der Waals surface area contributed by atoms with Crippen LogP contribution in [0.4, 0.5) is 0 Å². The highest BCUT2D eigenvalue weighted by Crippen LogP contribution is 2.58. The Balaban J connectivity index is 3.09. The van der Waals surface area contributed by atoms with Gasteiger partial charge in [0.15, 0.2) is 0 Å². The average molecular weight is 429 g/mol. The molecule has 28 heavy (non-hydrogen) atoms. The number of hydrogen-bond acceptors (Lipinski definition) is 4. The largest absolute Gasteiger partial charge is 0.519 e. The minimum Gasteiger partial charge on any atom is -0.519 e. The summed E-state index contributed by atoms with van der Waals surface area (Å²) in [6.07, 6.45) is 1.33. The van der Waals surface area contributed by atoms with Crippen LogP contribution in [0.3, 0.4) is 0 Å². The number of hydrogen-bond donors (Lipinski definition) is 0. The smallest absolute Gasteiger partial charge is 0.299 e. The van der Waals surface area contributed by atoms with Crippen LogP contribution in [-0.4, -0.2) is 28.6 Å². The first-order valence-corrected chi connectivity index (χ1v) is 16.4. The predicted octanol–water partition coefficient (Wildman–Crippen LogP) is 6.53. The SMILES string of the molecule is CC1(C(=O)O[Si](C)(C)C(C)(C)C)CCC(C(=O)O[Si](C)(C)C(C)(C)C)C1(C)C. The lowest BCUT2D eigenvalue weighted by Crippen LogP contribution is -2.51. The fraction of sp³-hybridized carbons (Fsp3) is 0.909. The molecule has 1 aliphatic rings. The number of carbonyl (C=O) groups is 2. The molecule has 1 fully saturated rings. The lowest BCUT2D eigenvalue weighted by atomic mass is 9.66. The van der Waals surface area contributed by atoms with E-state index in [1.807, 2.05) is 20.8 Å². The first-order chi connectivity index (χ1) is 12.1.